The van der Waals surface area contributed by atoms with Gasteiger partial charge < -0.3 is 10.2 Å². The molecule has 1 N–H and O–H groups in total. The van der Waals surface area contributed by atoms with Crippen LogP contribution in [-0.4, -0.2) is 39.1 Å². The van der Waals surface area contributed by atoms with E-state index in [2.05, 4.69) is 5.32 Å². The van der Waals surface area contributed by atoms with E-state index in [9.17, 15) is 14.4 Å². The maximum atomic E-state index is 12.4. The van der Waals surface area contributed by atoms with Crippen LogP contribution in [-0.2, 0) is 14.4 Å². The molecule has 1 heterocycles. The summed E-state index contributed by atoms with van der Waals surface area (Å²) in [6.07, 6.45) is 1.99. The van der Waals surface area contributed by atoms with Crippen LogP contribution in [0.2, 0.25) is 0 Å². The van der Waals surface area contributed by atoms with Crippen LogP contribution >= 0.6 is 22.6 Å². The average molecular weight is 366 g/mol. The van der Waals surface area contributed by atoms with E-state index in [1.54, 1.807) is 4.90 Å². The molecule has 1 fully saturated rings. The summed E-state index contributed by atoms with van der Waals surface area (Å²) >= 11 is 1.43. The van der Waals surface area contributed by atoms with Gasteiger partial charge in [0.25, 0.3) is 9.70 Å². The number of likely N-dealkylation sites (tertiary alicyclic amines) is 1. The first-order valence-electron chi connectivity index (χ1n) is 6.15. The summed E-state index contributed by atoms with van der Waals surface area (Å²) in [6.45, 7) is 6.47. The van der Waals surface area contributed by atoms with Gasteiger partial charge in [-0.3, -0.25) is 14.4 Å². The molecule has 5 nitrogen and oxygen atoms in total. The lowest BCUT2D eigenvalue weighted by Crippen LogP contribution is -2.52. The third-order valence-corrected chi connectivity index (χ3v) is 3.72. The van der Waals surface area contributed by atoms with Crippen LogP contribution in [0.5, 0.6) is 0 Å². The van der Waals surface area contributed by atoms with E-state index < -0.39 is 15.7 Å². The van der Waals surface area contributed by atoms with Crippen molar-refractivity contribution >= 4 is 38.2 Å². The molecule has 1 rings (SSSR count). The van der Waals surface area contributed by atoms with Gasteiger partial charge in [-0.1, -0.05) is 13.8 Å². The molecule has 0 unspecified atom stereocenters. The summed E-state index contributed by atoms with van der Waals surface area (Å²) < 4.78 is -0.597. The van der Waals surface area contributed by atoms with Gasteiger partial charge in [0.05, 0.1) is 0 Å². The van der Waals surface area contributed by atoms with Gasteiger partial charge in [-0.2, -0.15) is 0 Å². The first-order valence-corrected chi connectivity index (χ1v) is 7.23. The van der Waals surface area contributed by atoms with E-state index in [4.69, 9.17) is 0 Å². The van der Waals surface area contributed by atoms with Gasteiger partial charge in [0.2, 0.25) is 5.91 Å². The normalized spacial score (nSPS) is 20.9. The van der Waals surface area contributed by atoms with Crippen molar-refractivity contribution in [2.75, 3.05) is 6.54 Å². The van der Waals surface area contributed by atoms with Crippen molar-refractivity contribution in [2.24, 2.45) is 5.92 Å². The van der Waals surface area contributed by atoms with E-state index in [1.165, 1.54) is 22.6 Å². The van der Waals surface area contributed by atoms with E-state index in [-0.39, 0.29) is 17.9 Å². The maximum absolute atomic E-state index is 12.4. The largest absolute Gasteiger partial charge is 0.338 e. The molecule has 1 aliphatic heterocycles. The molecule has 2 amide bonds. The quantitative estimate of drug-likeness (QED) is 0.460. The number of carbonyl (C=O) groups is 3. The van der Waals surface area contributed by atoms with Gasteiger partial charge in [-0.15, -0.1) is 0 Å². The van der Waals surface area contributed by atoms with Crippen molar-refractivity contribution < 1.29 is 14.4 Å². The van der Waals surface area contributed by atoms with Gasteiger partial charge in [-0.25, -0.2) is 0 Å². The minimum absolute atomic E-state index is 0.0370. The Balaban J connectivity index is 2.75. The van der Waals surface area contributed by atoms with Gasteiger partial charge in [0.1, 0.15) is 6.04 Å². The molecule has 102 valence electrons. The van der Waals surface area contributed by atoms with Crippen LogP contribution < -0.4 is 5.32 Å². The summed E-state index contributed by atoms with van der Waals surface area (Å²) in [4.78, 5) is 36.5. The zero-order valence-corrected chi connectivity index (χ0v) is 13.1. The highest BCUT2D eigenvalue weighted by atomic mass is 127. The lowest BCUT2D eigenvalue weighted by molar-refractivity contribution is -0.139. The highest BCUT2D eigenvalue weighted by Crippen LogP contribution is 2.19. The van der Waals surface area contributed by atoms with Crippen molar-refractivity contribution in [3.05, 3.63) is 0 Å². The van der Waals surface area contributed by atoms with Gasteiger partial charge in [-0.05, 0) is 25.7 Å². The zero-order valence-electron chi connectivity index (χ0n) is 10.9. The van der Waals surface area contributed by atoms with Gasteiger partial charge in [0, 0.05) is 35.2 Å². The molecule has 0 saturated carbocycles. The third kappa shape index (κ3) is 3.66. The number of nitrogens with one attached hydrogen (secondary N) is 1. The van der Waals surface area contributed by atoms with E-state index in [0.29, 0.717) is 0 Å². The fourth-order valence-electron chi connectivity index (χ4n) is 2.15. The predicted octanol–water partition coefficient (Wildman–Crippen LogP) is 1.10. The van der Waals surface area contributed by atoms with Crippen molar-refractivity contribution in [2.45, 2.75) is 45.7 Å². The molecule has 2 atom stereocenters. The Labute approximate surface area is 121 Å². The average Bonchev–Trinajstić information content (AvgIpc) is 2.70. The third-order valence-electron chi connectivity index (χ3n) is 3.23. The summed E-state index contributed by atoms with van der Waals surface area (Å²) in [5, 5.41) is 2.53. The number of halogens is 1. The molecule has 1 aliphatic rings. The maximum Gasteiger partial charge on any atom is 0.298 e. The predicted molar refractivity (Wildman–Crippen MR) is 76.2 cm³/mol. The van der Waals surface area contributed by atoms with Crippen molar-refractivity contribution in [3.8, 4) is 0 Å². The number of nitrogens with zero attached hydrogens (tertiary/aromatic N) is 1. The monoisotopic (exact) mass is 366 g/mol. The molecule has 18 heavy (non-hydrogen) atoms. The molecule has 0 aliphatic carbocycles. The lowest BCUT2D eigenvalue weighted by Gasteiger charge is -2.29. The minimum Gasteiger partial charge on any atom is -0.338 e. The van der Waals surface area contributed by atoms with Crippen LogP contribution in [0.25, 0.3) is 0 Å². The second-order valence-electron chi connectivity index (χ2n) is 4.99. The summed E-state index contributed by atoms with van der Waals surface area (Å²) in [5.74, 6) is -0.819. The number of hydrogen-bond donors (Lipinski definition) is 1. The smallest absolute Gasteiger partial charge is 0.298 e. The Morgan fingerprint density at radius 1 is 1.33 bits per heavy atom. The first-order chi connectivity index (χ1) is 8.34. The lowest BCUT2D eigenvalue weighted by atomic mass is 10.0. The Morgan fingerprint density at radius 2 is 1.94 bits per heavy atom. The summed E-state index contributed by atoms with van der Waals surface area (Å²) in [7, 11) is 0. The zero-order chi connectivity index (χ0) is 13.9. The minimum atomic E-state index is -0.700. The first kappa shape index (κ1) is 15.4. The number of hydrogen-bond acceptors (Lipinski definition) is 3. The van der Waals surface area contributed by atoms with Gasteiger partial charge >= 0.3 is 0 Å². The highest BCUT2D eigenvalue weighted by Gasteiger charge is 2.33. The topological polar surface area (TPSA) is 66.5 Å². The molecule has 0 bridgehead atoms. The van der Waals surface area contributed by atoms with Crippen LogP contribution in [0, 0.1) is 5.92 Å². The molecular formula is C12H19IN2O3. The van der Waals surface area contributed by atoms with Crippen molar-refractivity contribution in [1.29, 1.82) is 0 Å². The number of carbonyl (C=O) groups excluding carboxylic acids is 3. The summed E-state index contributed by atoms with van der Waals surface area (Å²) in [6, 6.07) is -0.400. The molecule has 0 radical (unpaired) electrons. The molecule has 0 aromatic carbocycles. The van der Waals surface area contributed by atoms with Gasteiger partial charge in [0.15, 0.2) is 0 Å². The summed E-state index contributed by atoms with van der Waals surface area (Å²) in [5.41, 5.74) is 0. The second kappa shape index (κ2) is 6.49. The van der Waals surface area contributed by atoms with Crippen LogP contribution in [0.3, 0.4) is 0 Å². The van der Waals surface area contributed by atoms with Crippen LogP contribution in [0.15, 0.2) is 0 Å². The Bertz CT molecular complexity index is 357. The SMILES string of the molecule is CC(C)[C@H](NC(=O)C(=O)I)C(=O)N1CCC[C@@H]1C. The molecule has 0 spiro atoms. The molecule has 0 aromatic heterocycles. The van der Waals surface area contributed by atoms with Crippen molar-refractivity contribution in [1.82, 2.24) is 10.2 Å². The van der Waals surface area contributed by atoms with Crippen LogP contribution in [0.1, 0.15) is 33.6 Å². The Morgan fingerprint density at radius 3 is 2.33 bits per heavy atom. The van der Waals surface area contributed by atoms with Crippen molar-refractivity contribution in [3.63, 3.8) is 0 Å². The van der Waals surface area contributed by atoms with E-state index in [1.807, 2.05) is 20.8 Å². The highest BCUT2D eigenvalue weighted by molar-refractivity contribution is 14.1. The van der Waals surface area contributed by atoms with Crippen LogP contribution in [0.4, 0.5) is 0 Å². The Hall–Kier alpha value is -0.660. The van der Waals surface area contributed by atoms with E-state index >= 15 is 0 Å². The molecule has 1 saturated heterocycles. The molecule has 6 heteroatoms. The Kier molecular flexibility index (Phi) is 5.55. The fraction of sp³-hybridized carbons (Fsp3) is 0.750. The number of amides is 2. The number of rotatable bonds is 4. The molecular weight excluding hydrogens is 347 g/mol. The molecule has 0 aromatic rings. The fourth-order valence-corrected chi connectivity index (χ4v) is 2.31. The second-order valence-corrected chi connectivity index (χ2v) is 5.97. The standard InChI is InChI=1S/C12H19IN2O3/c1-7(2)9(14-11(17)10(13)16)12(18)15-6-4-5-8(15)3/h7-9H,4-6H2,1-3H3,(H,14,17)/t8-,9-/m0/s1. The van der Waals surface area contributed by atoms with E-state index in [0.717, 1.165) is 19.4 Å².